The summed E-state index contributed by atoms with van der Waals surface area (Å²) in [7, 11) is 0. The molecule has 0 bridgehead atoms. The van der Waals surface area contributed by atoms with Gasteiger partial charge in [0.1, 0.15) is 0 Å². The Balaban J connectivity index is 2.36. The first-order valence-electron chi connectivity index (χ1n) is 7.29. The van der Waals surface area contributed by atoms with Crippen molar-refractivity contribution in [2.24, 2.45) is 5.92 Å². The second-order valence-electron chi connectivity index (χ2n) is 5.68. The van der Waals surface area contributed by atoms with Crippen molar-refractivity contribution in [2.75, 3.05) is 13.1 Å². The Labute approximate surface area is 116 Å². The number of hydrogen-bond donors (Lipinski definition) is 2. The highest BCUT2D eigenvalue weighted by Crippen LogP contribution is 2.17. The molecule has 1 unspecified atom stereocenters. The van der Waals surface area contributed by atoms with Gasteiger partial charge in [0.05, 0.1) is 0 Å². The molecule has 1 heterocycles. The summed E-state index contributed by atoms with van der Waals surface area (Å²) in [6.45, 7) is 9.30. The average Bonchev–Trinajstić information content (AvgIpc) is 2.37. The summed E-state index contributed by atoms with van der Waals surface area (Å²) in [5.41, 5.74) is 0. The normalized spacial score (nSPS) is 18.3. The molecular formula is C14H27N3O2. The number of hydrogen-bond acceptors (Lipinski definition) is 2. The van der Waals surface area contributed by atoms with Gasteiger partial charge in [-0.1, -0.05) is 6.92 Å². The van der Waals surface area contributed by atoms with Crippen LogP contribution in [0, 0.1) is 5.92 Å². The van der Waals surface area contributed by atoms with Gasteiger partial charge in [-0.25, -0.2) is 4.79 Å². The minimum absolute atomic E-state index is 0.0178. The molecule has 1 aliphatic rings. The molecule has 5 heteroatoms. The topological polar surface area (TPSA) is 61.4 Å². The molecule has 110 valence electrons. The summed E-state index contributed by atoms with van der Waals surface area (Å²) >= 11 is 0. The summed E-state index contributed by atoms with van der Waals surface area (Å²) < 4.78 is 0. The minimum atomic E-state index is -0.0178. The highest BCUT2D eigenvalue weighted by molar-refractivity contribution is 5.80. The molecule has 0 aromatic rings. The third-order valence-corrected chi connectivity index (χ3v) is 3.57. The summed E-state index contributed by atoms with van der Waals surface area (Å²) in [6.07, 6.45) is 2.46. The third kappa shape index (κ3) is 5.09. The number of piperidine rings is 1. The van der Waals surface area contributed by atoms with Crippen LogP contribution in [-0.2, 0) is 4.79 Å². The van der Waals surface area contributed by atoms with Crippen LogP contribution in [0.1, 0.15) is 47.0 Å². The number of carbonyl (C=O) groups is 2. The fourth-order valence-corrected chi connectivity index (χ4v) is 2.15. The summed E-state index contributed by atoms with van der Waals surface area (Å²) in [6, 6.07) is 0.365. The van der Waals surface area contributed by atoms with Crippen LogP contribution in [0.2, 0.25) is 0 Å². The number of nitrogens with one attached hydrogen (secondary N) is 2. The van der Waals surface area contributed by atoms with Crippen LogP contribution in [-0.4, -0.2) is 42.0 Å². The lowest BCUT2D eigenvalue weighted by molar-refractivity contribution is -0.126. The van der Waals surface area contributed by atoms with Crippen LogP contribution in [0.5, 0.6) is 0 Å². The van der Waals surface area contributed by atoms with Gasteiger partial charge in [0.15, 0.2) is 0 Å². The fourth-order valence-electron chi connectivity index (χ4n) is 2.15. The first kappa shape index (κ1) is 15.8. The number of carbonyl (C=O) groups excluding carboxylic acids is 2. The molecule has 1 atom stereocenters. The van der Waals surface area contributed by atoms with E-state index in [0.29, 0.717) is 13.1 Å². The van der Waals surface area contributed by atoms with E-state index >= 15 is 0 Å². The van der Waals surface area contributed by atoms with Crippen molar-refractivity contribution in [2.45, 2.75) is 59.0 Å². The Morgan fingerprint density at radius 1 is 1.16 bits per heavy atom. The average molecular weight is 269 g/mol. The van der Waals surface area contributed by atoms with Gasteiger partial charge in [-0.2, -0.15) is 0 Å². The first-order valence-corrected chi connectivity index (χ1v) is 7.29. The molecule has 3 amide bonds. The molecule has 0 radical (unpaired) electrons. The molecule has 19 heavy (non-hydrogen) atoms. The Morgan fingerprint density at radius 2 is 1.74 bits per heavy atom. The minimum Gasteiger partial charge on any atom is -0.353 e. The van der Waals surface area contributed by atoms with Crippen LogP contribution < -0.4 is 10.6 Å². The Kier molecular flexibility index (Phi) is 6.12. The van der Waals surface area contributed by atoms with E-state index in [2.05, 4.69) is 17.6 Å². The lowest BCUT2D eigenvalue weighted by atomic mass is 9.95. The Morgan fingerprint density at radius 3 is 2.21 bits per heavy atom. The maximum atomic E-state index is 12.0. The third-order valence-electron chi connectivity index (χ3n) is 3.57. The van der Waals surface area contributed by atoms with Crippen LogP contribution in [0.3, 0.4) is 0 Å². The van der Waals surface area contributed by atoms with Crippen LogP contribution in [0.4, 0.5) is 4.79 Å². The number of likely N-dealkylation sites (tertiary alicyclic amines) is 1. The SMILES string of the molecule is CCC(C)NC(=O)C1CCN(C(=O)NC(C)C)CC1. The van der Waals surface area contributed by atoms with Gasteiger partial charge in [-0.05, 0) is 40.0 Å². The second-order valence-corrected chi connectivity index (χ2v) is 5.68. The molecule has 5 nitrogen and oxygen atoms in total. The van der Waals surface area contributed by atoms with Gasteiger partial charge < -0.3 is 15.5 Å². The molecule has 2 N–H and O–H groups in total. The molecule has 0 aromatic heterocycles. The Hall–Kier alpha value is -1.26. The highest BCUT2D eigenvalue weighted by atomic mass is 16.2. The molecule has 1 fully saturated rings. The van der Waals surface area contributed by atoms with Gasteiger partial charge in [-0.3, -0.25) is 4.79 Å². The van der Waals surface area contributed by atoms with Crippen molar-refractivity contribution in [3.8, 4) is 0 Å². The highest BCUT2D eigenvalue weighted by Gasteiger charge is 2.27. The summed E-state index contributed by atoms with van der Waals surface area (Å²) in [5.74, 6) is 0.190. The molecule has 0 aliphatic carbocycles. The zero-order valence-electron chi connectivity index (χ0n) is 12.5. The molecule has 0 saturated carbocycles. The van der Waals surface area contributed by atoms with Crippen molar-refractivity contribution >= 4 is 11.9 Å². The Bertz CT molecular complexity index is 310. The number of urea groups is 1. The van der Waals surface area contributed by atoms with Crippen molar-refractivity contribution in [1.29, 1.82) is 0 Å². The molecular weight excluding hydrogens is 242 g/mol. The van der Waals surface area contributed by atoms with Crippen LogP contribution in [0.15, 0.2) is 0 Å². The molecule has 0 spiro atoms. The molecule has 0 aromatic carbocycles. The maximum Gasteiger partial charge on any atom is 0.317 e. The van der Waals surface area contributed by atoms with Crippen molar-refractivity contribution < 1.29 is 9.59 Å². The largest absolute Gasteiger partial charge is 0.353 e. The van der Waals surface area contributed by atoms with Gasteiger partial charge in [0.2, 0.25) is 5.91 Å². The zero-order valence-corrected chi connectivity index (χ0v) is 12.5. The van der Waals surface area contributed by atoms with E-state index in [1.165, 1.54) is 0 Å². The predicted octanol–water partition coefficient (Wildman–Crippen LogP) is 1.73. The number of rotatable bonds is 4. The van der Waals surface area contributed by atoms with Crippen LogP contribution in [0.25, 0.3) is 0 Å². The van der Waals surface area contributed by atoms with E-state index in [0.717, 1.165) is 19.3 Å². The standard InChI is InChI=1S/C14H27N3O2/c1-5-11(4)16-13(18)12-6-8-17(9-7-12)14(19)15-10(2)3/h10-12H,5-9H2,1-4H3,(H,15,19)(H,16,18). The van der Waals surface area contributed by atoms with E-state index in [1.54, 1.807) is 4.90 Å². The quantitative estimate of drug-likeness (QED) is 0.816. The van der Waals surface area contributed by atoms with Crippen LogP contribution >= 0.6 is 0 Å². The first-order chi connectivity index (χ1) is 8.93. The fraction of sp³-hybridized carbons (Fsp3) is 0.857. The number of nitrogens with zero attached hydrogens (tertiary/aromatic N) is 1. The molecule has 1 rings (SSSR count). The van der Waals surface area contributed by atoms with Gasteiger partial charge in [0.25, 0.3) is 0 Å². The smallest absolute Gasteiger partial charge is 0.317 e. The predicted molar refractivity (Wildman–Crippen MR) is 75.9 cm³/mol. The van der Waals surface area contributed by atoms with E-state index in [-0.39, 0.29) is 29.9 Å². The van der Waals surface area contributed by atoms with Gasteiger partial charge in [0, 0.05) is 31.1 Å². The van der Waals surface area contributed by atoms with Crippen molar-refractivity contribution in [1.82, 2.24) is 15.5 Å². The molecule has 1 saturated heterocycles. The zero-order chi connectivity index (χ0) is 14.4. The maximum absolute atomic E-state index is 12.0. The summed E-state index contributed by atoms with van der Waals surface area (Å²) in [4.78, 5) is 25.6. The lowest BCUT2D eigenvalue weighted by Crippen LogP contribution is -2.49. The summed E-state index contributed by atoms with van der Waals surface area (Å²) in [5, 5.41) is 5.90. The van der Waals surface area contributed by atoms with Gasteiger partial charge >= 0.3 is 6.03 Å². The van der Waals surface area contributed by atoms with Crippen molar-refractivity contribution in [3.05, 3.63) is 0 Å². The van der Waals surface area contributed by atoms with E-state index in [1.807, 2.05) is 20.8 Å². The van der Waals surface area contributed by atoms with E-state index in [4.69, 9.17) is 0 Å². The monoisotopic (exact) mass is 269 g/mol. The van der Waals surface area contributed by atoms with E-state index < -0.39 is 0 Å². The van der Waals surface area contributed by atoms with E-state index in [9.17, 15) is 9.59 Å². The number of amides is 3. The van der Waals surface area contributed by atoms with Crippen molar-refractivity contribution in [3.63, 3.8) is 0 Å². The molecule has 1 aliphatic heterocycles. The van der Waals surface area contributed by atoms with Gasteiger partial charge in [-0.15, -0.1) is 0 Å². The lowest BCUT2D eigenvalue weighted by Gasteiger charge is -2.32. The second kappa shape index (κ2) is 7.36.